The van der Waals surface area contributed by atoms with E-state index in [1.54, 1.807) is 0 Å². The maximum atomic E-state index is 12.1. The number of aliphatic carboxylic acids is 1. The van der Waals surface area contributed by atoms with Gasteiger partial charge in [-0.2, -0.15) is 0 Å². The van der Waals surface area contributed by atoms with Gasteiger partial charge in [0.15, 0.2) is 0 Å². The molecule has 1 fully saturated rings. The van der Waals surface area contributed by atoms with Crippen LogP contribution in [-0.2, 0) is 4.79 Å². The van der Waals surface area contributed by atoms with Gasteiger partial charge in [-0.3, -0.25) is 9.59 Å². The molecule has 0 aromatic heterocycles. The summed E-state index contributed by atoms with van der Waals surface area (Å²) in [5.41, 5.74) is 0.352. The third-order valence-electron chi connectivity index (χ3n) is 3.57. The second-order valence-electron chi connectivity index (χ2n) is 5.04. The predicted octanol–water partition coefficient (Wildman–Crippen LogP) is 2.42. The van der Waals surface area contributed by atoms with Crippen molar-refractivity contribution in [2.45, 2.75) is 31.7 Å². The molecule has 0 spiro atoms. The van der Waals surface area contributed by atoms with Crippen molar-refractivity contribution in [1.29, 1.82) is 0 Å². The number of nitrogens with one attached hydrogen (secondary N) is 1. The molecule has 1 amide bonds. The van der Waals surface area contributed by atoms with Crippen molar-refractivity contribution in [3.05, 3.63) is 28.8 Å². The molecule has 0 bridgehead atoms. The number of carbonyl (C=O) groups is 2. The van der Waals surface area contributed by atoms with E-state index in [9.17, 15) is 14.7 Å². The monoisotopic (exact) mass is 297 g/mol. The first-order chi connectivity index (χ1) is 9.47. The lowest BCUT2D eigenvalue weighted by molar-refractivity contribution is -0.143. The first-order valence-corrected chi connectivity index (χ1v) is 6.87. The van der Waals surface area contributed by atoms with E-state index in [0.717, 1.165) is 12.8 Å². The number of phenols is 1. The first kappa shape index (κ1) is 14.7. The Morgan fingerprint density at radius 2 is 2.05 bits per heavy atom. The Morgan fingerprint density at radius 1 is 1.30 bits per heavy atom. The van der Waals surface area contributed by atoms with Crippen molar-refractivity contribution in [3.8, 4) is 5.75 Å². The number of benzene rings is 1. The average Bonchev–Trinajstić information content (AvgIpc) is 2.42. The van der Waals surface area contributed by atoms with E-state index >= 15 is 0 Å². The highest BCUT2D eigenvalue weighted by Gasteiger charge is 2.28. The minimum atomic E-state index is -0.809. The molecular formula is C14H16ClNO4. The molecule has 5 nitrogen and oxygen atoms in total. The number of rotatable bonds is 3. The first-order valence-electron chi connectivity index (χ1n) is 6.49. The summed E-state index contributed by atoms with van der Waals surface area (Å²) >= 11 is 5.76. The lowest BCUT2D eigenvalue weighted by Crippen LogP contribution is -2.39. The summed E-state index contributed by atoms with van der Waals surface area (Å²) in [4.78, 5) is 23.0. The van der Waals surface area contributed by atoms with Crippen LogP contribution in [0.5, 0.6) is 5.75 Å². The van der Waals surface area contributed by atoms with Crippen LogP contribution in [0.2, 0.25) is 5.02 Å². The third kappa shape index (κ3) is 3.42. The molecule has 2 atom stereocenters. The van der Waals surface area contributed by atoms with Crippen LogP contribution in [0.1, 0.15) is 36.0 Å². The van der Waals surface area contributed by atoms with Gasteiger partial charge in [-0.15, -0.1) is 0 Å². The molecule has 1 aromatic carbocycles. The molecule has 3 N–H and O–H groups in total. The maximum Gasteiger partial charge on any atom is 0.306 e. The van der Waals surface area contributed by atoms with Crippen LogP contribution < -0.4 is 5.32 Å². The van der Waals surface area contributed by atoms with Crippen molar-refractivity contribution in [2.75, 3.05) is 0 Å². The van der Waals surface area contributed by atoms with Crippen LogP contribution in [0.15, 0.2) is 18.2 Å². The average molecular weight is 298 g/mol. The largest absolute Gasteiger partial charge is 0.506 e. The standard InChI is InChI=1S/C14H16ClNO4/c15-11-7-8(4-5-12(11)17)13(18)16-10-3-1-2-9(6-10)14(19)20/h4-5,7,9-10,17H,1-3,6H2,(H,16,18)(H,19,20). The zero-order valence-corrected chi connectivity index (χ0v) is 11.6. The lowest BCUT2D eigenvalue weighted by atomic mass is 9.85. The quantitative estimate of drug-likeness (QED) is 0.799. The fourth-order valence-corrected chi connectivity index (χ4v) is 2.64. The van der Waals surface area contributed by atoms with Crippen LogP contribution >= 0.6 is 11.6 Å². The Morgan fingerprint density at radius 3 is 2.70 bits per heavy atom. The van der Waals surface area contributed by atoms with Gasteiger partial charge in [-0.1, -0.05) is 18.0 Å². The summed E-state index contributed by atoms with van der Waals surface area (Å²) in [7, 11) is 0. The van der Waals surface area contributed by atoms with E-state index in [4.69, 9.17) is 16.7 Å². The molecule has 0 saturated heterocycles. The van der Waals surface area contributed by atoms with Crippen LogP contribution in [0, 0.1) is 5.92 Å². The van der Waals surface area contributed by atoms with Gasteiger partial charge in [0.25, 0.3) is 5.91 Å². The number of carboxylic acids is 1. The van der Waals surface area contributed by atoms with Crippen molar-refractivity contribution in [2.24, 2.45) is 5.92 Å². The molecule has 20 heavy (non-hydrogen) atoms. The minimum absolute atomic E-state index is 0.0770. The molecule has 0 heterocycles. The highest BCUT2D eigenvalue weighted by atomic mass is 35.5. The highest BCUT2D eigenvalue weighted by molar-refractivity contribution is 6.32. The Kier molecular flexibility index (Phi) is 4.49. The molecule has 1 aliphatic carbocycles. The molecule has 0 aliphatic heterocycles. The van der Waals surface area contributed by atoms with Gasteiger partial charge in [0.05, 0.1) is 10.9 Å². The Bertz CT molecular complexity index is 532. The smallest absolute Gasteiger partial charge is 0.306 e. The predicted molar refractivity (Wildman–Crippen MR) is 74.0 cm³/mol. The molecule has 108 valence electrons. The summed E-state index contributed by atoms with van der Waals surface area (Å²) in [6, 6.07) is 4.10. The number of halogens is 1. The number of aromatic hydroxyl groups is 1. The van der Waals surface area contributed by atoms with Gasteiger partial charge in [0.1, 0.15) is 5.75 Å². The fraction of sp³-hybridized carbons (Fsp3) is 0.429. The Labute approximate surface area is 121 Å². The third-order valence-corrected chi connectivity index (χ3v) is 3.87. The van der Waals surface area contributed by atoms with E-state index < -0.39 is 11.9 Å². The molecule has 2 rings (SSSR count). The number of amides is 1. The molecular weight excluding hydrogens is 282 g/mol. The van der Waals surface area contributed by atoms with E-state index in [0.29, 0.717) is 18.4 Å². The summed E-state index contributed by atoms with van der Waals surface area (Å²) in [6.45, 7) is 0. The normalized spacial score (nSPS) is 22.2. The van der Waals surface area contributed by atoms with Crippen LogP contribution in [-0.4, -0.2) is 28.1 Å². The minimum Gasteiger partial charge on any atom is -0.506 e. The lowest BCUT2D eigenvalue weighted by Gasteiger charge is -2.27. The van der Waals surface area contributed by atoms with Gasteiger partial charge in [0, 0.05) is 11.6 Å². The zero-order valence-electron chi connectivity index (χ0n) is 10.8. The van der Waals surface area contributed by atoms with Crippen LogP contribution in [0.3, 0.4) is 0 Å². The van der Waals surface area contributed by atoms with Crippen LogP contribution in [0.25, 0.3) is 0 Å². The SMILES string of the molecule is O=C(NC1CCCC(C(=O)O)C1)c1ccc(O)c(Cl)c1. The number of carboxylic acid groups (broad SMARTS) is 1. The van der Waals surface area contributed by atoms with E-state index in [-0.39, 0.29) is 22.7 Å². The molecule has 2 unspecified atom stereocenters. The van der Waals surface area contributed by atoms with Crippen molar-refractivity contribution in [1.82, 2.24) is 5.32 Å². The Hall–Kier alpha value is -1.75. The number of carbonyl (C=O) groups excluding carboxylic acids is 1. The van der Waals surface area contributed by atoms with Crippen molar-refractivity contribution < 1.29 is 19.8 Å². The van der Waals surface area contributed by atoms with Gasteiger partial charge in [0.2, 0.25) is 0 Å². The summed E-state index contributed by atoms with van der Waals surface area (Å²) in [5, 5.41) is 21.3. The summed E-state index contributed by atoms with van der Waals surface area (Å²) in [6.07, 6.45) is 2.68. The zero-order chi connectivity index (χ0) is 14.7. The molecule has 6 heteroatoms. The molecule has 1 aromatic rings. The molecule has 1 aliphatic rings. The maximum absolute atomic E-state index is 12.1. The van der Waals surface area contributed by atoms with Crippen molar-refractivity contribution in [3.63, 3.8) is 0 Å². The van der Waals surface area contributed by atoms with Gasteiger partial charge in [-0.25, -0.2) is 0 Å². The Balaban J connectivity index is 2.00. The summed E-state index contributed by atoms with van der Waals surface area (Å²) in [5.74, 6) is -1.58. The number of hydrogen-bond donors (Lipinski definition) is 3. The fourth-order valence-electron chi connectivity index (χ4n) is 2.46. The molecule has 0 radical (unpaired) electrons. The van der Waals surface area contributed by atoms with Gasteiger partial charge in [-0.05, 0) is 37.5 Å². The second-order valence-corrected chi connectivity index (χ2v) is 5.45. The van der Waals surface area contributed by atoms with Gasteiger partial charge < -0.3 is 15.5 Å². The number of phenolic OH excluding ortho intramolecular Hbond substituents is 1. The van der Waals surface area contributed by atoms with E-state index in [2.05, 4.69) is 5.32 Å². The number of hydrogen-bond acceptors (Lipinski definition) is 3. The summed E-state index contributed by atoms with van der Waals surface area (Å²) < 4.78 is 0. The van der Waals surface area contributed by atoms with Crippen LogP contribution in [0.4, 0.5) is 0 Å². The highest BCUT2D eigenvalue weighted by Crippen LogP contribution is 2.26. The molecule has 1 saturated carbocycles. The topological polar surface area (TPSA) is 86.6 Å². The van der Waals surface area contributed by atoms with Gasteiger partial charge >= 0.3 is 5.97 Å². The second kappa shape index (κ2) is 6.13. The van der Waals surface area contributed by atoms with Crippen molar-refractivity contribution >= 4 is 23.5 Å². The van der Waals surface area contributed by atoms with E-state index in [1.165, 1.54) is 18.2 Å². The van der Waals surface area contributed by atoms with E-state index in [1.807, 2.05) is 0 Å².